The molecule has 1 unspecified atom stereocenters. The molecule has 1 atom stereocenters. The summed E-state index contributed by atoms with van der Waals surface area (Å²) < 4.78 is 0. The Hall–Kier alpha value is 0.310. The lowest BCUT2D eigenvalue weighted by atomic mass is 9.89. The van der Waals surface area contributed by atoms with Crippen LogP contribution in [0.3, 0.4) is 0 Å². The number of thiol groups is 1. The summed E-state index contributed by atoms with van der Waals surface area (Å²) in [6.07, 6.45) is 9.73. The van der Waals surface area contributed by atoms with Crippen molar-refractivity contribution in [1.29, 1.82) is 0 Å². The Morgan fingerprint density at radius 2 is 1.82 bits per heavy atom. The van der Waals surface area contributed by atoms with Crippen molar-refractivity contribution in [2.45, 2.75) is 58.8 Å². The molecular weight excluding hydrogens is 226 g/mol. The van der Waals surface area contributed by atoms with Gasteiger partial charge in [-0.1, -0.05) is 26.7 Å². The van der Waals surface area contributed by atoms with Gasteiger partial charge in [0, 0.05) is 0 Å². The zero-order valence-electron chi connectivity index (χ0n) is 11.8. The molecule has 1 aliphatic heterocycles. The molecule has 0 saturated carbocycles. The highest BCUT2D eigenvalue weighted by atomic mass is 32.1. The Balaban J connectivity index is 2.09. The molecule has 1 rings (SSSR count). The number of hydrogen-bond donors (Lipinski definition) is 1. The lowest BCUT2D eigenvalue weighted by Gasteiger charge is -2.21. The van der Waals surface area contributed by atoms with Gasteiger partial charge in [0.15, 0.2) is 0 Å². The Morgan fingerprint density at radius 1 is 1.06 bits per heavy atom. The second kappa shape index (κ2) is 9.27. The summed E-state index contributed by atoms with van der Waals surface area (Å²) in [5, 5.41) is 0. The van der Waals surface area contributed by atoms with Gasteiger partial charge in [-0.25, -0.2) is 0 Å². The molecule has 17 heavy (non-hydrogen) atoms. The third-order valence-electron chi connectivity index (χ3n) is 4.19. The summed E-state index contributed by atoms with van der Waals surface area (Å²) in [5.41, 5.74) is 0. The fourth-order valence-corrected chi connectivity index (χ4v) is 3.10. The van der Waals surface area contributed by atoms with Crippen LogP contribution >= 0.6 is 12.6 Å². The molecule has 0 aromatic carbocycles. The molecule has 2 heteroatoms. The van der Waals surface area contributed by atoms with Crippen LogP contribution in [0.5, 0.6) is 0 Å². The molecular formula is C15H31NS. The van der Waals surface area contributed by atoms with Crippen LogP contribution < -0.4 is 0 Å². The predicted molar refractivity (Wildman–Crippen MR) is 80.9 cm³/mol. The maximum atomic E-state index is 4.26. The van der Waals surface area contributed by atoms with Crippen molar-refractivity contribution in [3.05, 3.63) is 0 Å². The molecule has 0 aromatic rings. The molecule has 1 saturated heterocycles. The van der Waals surface area contributed by atoms with E-state index in [2.05, 4.69) is 31.4 Å². The molecule has 0 bridgehead atoms. The van der Waals surface area contributed by atoms with Crippen LogP contribution in [-0.2, 0) is 0 Å². The van der Waals surface area contributed by atoms with Gasteiger partial charge in [-0.3, -0.25) is 0 Å². The Labute approximate surface area is 114 Å². The summed E-state index contributed by atoms with van der Waals surface area (Å²) in [5.74, 6) is 2.91. The summed E-state index contributed by atoms with van der Waals surface area (Å²) in [7, 11) is 0. The quantitative estimate of drug-likeness (QED) is 0.527. The Morgan fingerprint density at radius 3 is 2.53 bits per heavy atom. The van der Waals surface area contributed by atoms with E-state index in [1.807, 2.05) is 0 Å². The lowest BCUT2D eigenvalue weighted by Crippen LogP contribution is -2.26. The number of nitrogens with zero attached hydrogens (tertiary/aromatic N) is 1. The molecule has 0 spiro atoms. The van der Waals surface area contributed by atoms with Gasteiger partial charge in [0.25, 0.3) is 0 Å². The number of hydrogen-bond acceptors (Lipinski definition) is 2. The topological polar surface area (TPSA) is 3.24 Å². The number of unbranched alkanes of at least 4 members (excludes halogenated alkanes) is 3. The highest BCUT2D eigenvalue weighted by Crippen LogP contribution is 2.24. The predicted octanol–water partition coefficient (Wildman–Crippen LogP) is 4.23. The van der Waals surface area contributed by atoms with Crippen LogP contribution in [0.2, 0.25) is 0 Å². The zero-order chi connectivity index (χ0) is 12.5. The minimum absolute atomic E-state index is 0.880. The van der Waals surface area contributed by atoms with E-state index in [9.17, 15) is 0 Å². The third-order valence-corrected chi connectivity index (χ3v) is 4.51. The van der Waals surface area contributed by atoms with E-state index in [0.717, 1.165) is 17.6 Å². The molecule has 1 aliphatic rings. The van der Waals surface area contributed by atoms with E-state index in [1.165, 1.54) is 64.6 Å². The summed E-state index contributed by atoms with van der Waals surface area (Å²) >= 11 is 4.26. The first-order valence-corrected chi connectivity index (χ1v) is 8.20. The first-order chi connectivity index (χ1) is 8.24. The fraction of sp³-hybridized carbons (Fsp3) is 1.00. The van der Waals surface area contributed by atoms with Crippen molar-refractivity contribution in [2.75, 3.05) is 25.4 Å². The summed E-state index contributed by atoms with van der Waals surface area (Å²) in [4.78, 5) is 2.70. The second-order valence-corrected chi connectivity index (χ2v) is 6.36. The van der Waals surface area contributed by atoms with Gasteiger partial charge in [-0.2, -0.15) is 12.6 Å². The zero-order valence-corrected chi connectivity index (χ0v) is 12.7. The largest absolute Gasteiger partial charge is 0.303 e. The van der Waals surface area contributed by atoms with Crippen molar-refractivity contribution in [2.24, 2.45) is 11.8 Å². The Kier molecular flexibility index (Phi) is 8.38. The average Bonchev–Trinajstić information content (AvgIpc) is 2.54. The van der Waals surface area contributed by atoms with E-state index in [4.69, 9.17) is 0 Å². The van der Waals surface area contributed by atoms with E-state index < -0.39 is 0 Å². The molecule has 0 amide bonds. The van der Waals surface area contributed by atoms with Crippen LogP contribution in [0, 0.1) is 11.8 Å². The lowest BCUT2D eigenvalue weighted by molar-refractivity contribution is 0.266. The van der Waals surface area contributed by atoms with Crippen molar-refractivity contribution in [1.82, 2.24) is 4.90 Å². The van der Waals surface area contributed by atoms with Gasteiger partial charge in [-0.05, 0) is 69.3 Å². The van der Waals surface area contributed by atoms with Gasteiger partial charge < -0.3 is 4.90 Å². The molecule has 1 nitrogen and oxygen atoms in total. The maximum Gasteiger partial charge on any atom is -0.00160 e. The van der Waals surface area contributed by atoms with Crippen molar-refractivity contribution >= 4 is 12.6 Å². The summed E-state index contributed by atoms with van der Waals surface area (Å²) in [6.45, 7) is 8.79. The summed E-state index contributed by atoms with van der Waals surface area (Å²) in [6, 6.07) is 0. The molecule has 0 N–H and O–H groups in total. The Bertz CT molecular complexity index is 182. The normalized spacial score (nSPS) is 22.9. The second-order valence-electron chi connectivity index (χ2n) is 5.91. The van der Waals surface area contributed by atoms with Gasteiger partial charge in [0.05, 0.1) is 0 Å². The fourth-order valence-electron chi connectivity index (χ4n) is 2.87. The van der Waals surface area contributed by atoms with Crippen molar-refractivity contribution in [3.63, 3.8) is 0 Å². The van der Waals surface area contributed by atoms with Crippen LogP contribution in [0.25, 0.3) is 0 Å². The maximum absolute atomic E-state index is 4.26. The SMILES string of the molecule is CC(C)C1CCCN(CCCCCCS)CC1. The van der Waals surface area contributed by atoms with Crippen molar-refractivity contribution in [3.8, 4) is 0 Å². The first kappa shape index (κ1) is 15.4. The minimum Gasteiger partial charge on any atom is -0.303 e. The minimum atomic E-state index is 0.880. The number of rotatable bonds is 7. The molecule has 102 valence electrons. The molecule has 0 aromatic heterocycles. The molecule has 1 heterocycles. The van der Waals surface area contributed by atoms with E-state index in [0.29, 0.717) is 0 Å². The first-order valence-electron chi connectivity index (χ1n) is 7.57. The highest BCUT2D eigenvalue weighted by molar-refractivity contribution is 7.80. The van der Waals surface area contributed by atoms with Crippen molar-refractivity contribution < 1.29 is 0 Å². The number of likely N-dealkylation sites (tertiary alicyclic amines) is 1. The third kappa shape index (κ3) is 6.71. The average molecular weight is 257 g/mol. The van der Waals surface area contributed by atoms with Crippen LogP contribution in [0.1, 0.15) is 58.8 Å². The van der Waals surface area contributed by atoms with Crippen LogP contribution in [-0.4, -0.2) is 30.3 Å². The monoisotopic (exact) mass is 257 g/mol. The van der Waals surface area contributed by atoms with Gasteiger partial charge >= 0.3 is 0 Å². The van der Waals surface area contributed by atoms with E-state index in [-0.39, 0.29) is 0 Å². The molecule has 0 aliphatic carbocycles. The molecule has 0 radical (unpaired) electrons. The van der Waals surface area contributed by atoms with Crippen LogP contribution in [0.15, 0.2) is 0 Å². The van der Waals surface area contributed by atoms with Crippen LogP contribution in [0.4, 0.5) is 0 Å². The van der Waals surface area contributed by atoms with Gasteiger partial charge in [0.2, 0.25) is 0 Å². The standard InChI is InChI=1S/C15H31NS/c1-14(2)15-8-7-11-16(12-9-15)10-5-3-4-6-13-17/h14-15,17H,3-13H2,1-2H3. The smallest absolute Gasteiger partial charge is 0.00160 e. The molecule has 1 fully saturated rings. The van der Waals surface area contributed by atoms with Gasteiger partial charge in [0.1, 0.15) is 0 Å². The van der Waals surface area contributed by atoms with Gasteiger partial charge in [-0.15, -0.1) is 0 Å². The van der Waals surface area contributed by atoms with E-state index >= 15 is 0 Å². The highest BCUT2D eigenvalue weighted by Gasteiger charge is 2.18. The van der Waals surface area contributed by atoms with E-state index in [1.54, 1.807) is 0 Å².